The van der Waals surface area contributed by atoms with Gasteiger partial charge in [0.1, 0.15) is 0 Å². The number of carbonyl (C=O) groups excluding carboxylic acids is 2. The Kier molecular flexibility index (Phi) is 1.93. The summed E-state index contributed by atoms with van der Waals surface area (Å²) in [4.78, 5) is 22.7. The number of fused-ring (bicyclic) bond motifs is 1. The van der Waals surface area contributed by atoms with Crippen molar-refractivity contribution in [2.75, 3.05) is 0 Å². The lowest BCUT2D eigenvalue weighted by molar-refractivity contribution is -0.157. The van der Waals surface area contributed by atoms with Gasteiger partial charge < -0.3 is 4.74 Å². The molecule has 1 aliphatic carbocycles. The van der Waals surface area contributed by atoms with Gasteiger partial charge in [-0.2, -0.15) is 0 Å². The van der Waals surface area contributed by atoms with Gasteiger partial charge in [0.25, 0.3) is 0 Å². The molecule has 0 amide bonds. The molecule has 2 aliphatic rings. The number of hydrogen-bond donors (Lipinski definition) is 0. The van der Waals surface area contributed by atoms with Gasteiger partial charge in [0, 0.05) is 12.0 Å². The molecule has 1 aromatic carbocycles. The van der Waals surface area contributed by atoms with E-state index in [0.717, 1.165) is 11.1 Å². The van der Waals surface area contributed by atoms with Gasteiger partial charge in [0.05, 0.1) is 6.42 Å². The number of rotatable bonds is 0. The van der Waals surface area contributed by atoms with Crippen LogP contribution in [0.1, 0.15) is 17.5 Å². The van der Waals surface area contributed by atoms with Gasteiger partial charge >= 0.3 is 11.9 Å². The molecule has 0 unspecified atom stereocenters. The predicted molar refractivity (Wildman–Crippen MR) is 56.6 cm³/mol. The van der Waals surface area contributed by atoms with E-state index in [4.69, 9.17) is 0 Å². The molecular weight excluding hydrogens is 204 g/mol. The van der Waals surface area contributed by atoms with Crippen molar-refractivity contribution >= 4 is 11.9 Å². The lowest BCUT2D eigenvalue weighted by Crippen LogP contribution is -2.27. The van der Waals surface area contributed by atoms with E-state index in [2.05, 4.69) is 4.74 Å². The Balaban J connectivity index is 2.05. The maximum Gasteiger partial charge on any atom is 0.341 e. The molecule has 0 bridgehead atoms. The molecule has 0 saturated heterocycles. The zero-order chi connectivity index (χ0) is 11.1. The summed E-state index contributed by atoms with van der Waals surface area (Å²) >= 11 is 0. The van der Waals surface area contributed by atoms with Crippen molar-refractivity contribution in [3.8, 4) is 0 Å². The van der Waals surface area contributed by atoms with Crippen molar-refractivity contribution in [3.63, 3.8) is 0 Å². The van der Waals surface area contributed by atoms with Crippen LogP contribution in [0.3, 0.4) is 0 Å². The molecule has 16 heavy (non-hydrogen) atoms. The van der Waals surface area contributed by atoms with Crippen molar-refractivity contribution in [1.29, 1.82) is 0 Å². The summed E-state index contributed by atoms with van der Waals surface area (Å²) in [7, 11) is 0. The first-order chi connectivity index (χ1) is 7.74. The highest BCUT2D eigenvalue weighted by Crippen LogP contribution is 2.31. The van der Waals surface area contributed by atoms with Gasteiger partial charge in [0.15, 0.2) is 0 Å². The van der Waals surface area contributed by atoms with Crippen LogP contribution >= 0.6 is 0 Å². The highest BCUT2D eigenvalue weighted by molar-refractivity contribution is 6.01. The summed E-state index contributed by atoms with van der Waals surface area (Å²) < 4.78 is 4.63. The van der Waals surface area contributed by atoms with Crippen molar-refractivity contribution < 1.29 is 14.3 Å². The molecular formula is C13H10O3. The highest BCUT2D eigenvalue weighted by Gasteiger charge is 2.30. The topological polar surface area (TPSA) is 43.4 Å². The normalized spacial score (nSPS) is 19.0. The number of cyclic esters (lactones) is 2. The predicted octanol–water partition coefficient (Wildman–Crippen LogP) is 1.56. The quantitative estimate of drug-likeness (QED) is 0.486. The molecule has 3 rings (SSSR count). The maximum atomic E-state index is 11.5. The fourth-order valence-electron chi connectivity index (χ4n) is 2.32. The summed E-state index contributed by atoms with van der Waals surface area (Å²) in [6.45, 7) is 0. The van der Waals surface area contributed by atoms with Crippen LogP contribution in [0.5, 0.6) is 0 Å². The SMILES string of the molecule is O=C1CC2=C(Cc3ccccc3C2)C(=O)O1. The first-order valence-electron chi connectivity index (χ1n) is 5.27. The average Bonchev–Trinajstić information content (AvgIpc) is 2.27. The Bertz CT molecular complexity index is 526. The first kappa shape index (κ1) is 9.33. The standard InChI is InChI=1S/C13H10O3/c14-12-7-10-5-8-3-1-2-4-9(8)6-11(10)13(15)16-12/h1-4H,5-7H2. The van der Waals surface area contributed by atoms with Gasteiger partial charge in [-0.15, -0.1) is 0 Å². The third-order valence-electron chi connectivity index (χ3n) is 3.13. The van der Waals surface area contributed by atoms with Gasteiger partial charge in [-0.1, -0.05) is 24.3 Å². The number of ether oxygens (including phenoxy) is 1. The molecule has 3 heteroatoms. The van der Waals surface area contributed by atoms with E-state index in [-0.39, 0.29) is 6.42 Å². The number of hydrogen-bond acceptors (Lipinski definition) is 3. The van der Waals surface area contributed by atoms with Crippen LogP contribution in [0.25, 0.3) is 0 Å². The molecule has 0 atom stereocenters. The van der Waals surface area contributed by atoms with E-state index in [1.807, 2.05) is 24.3 Å². The minimum Gasteiger partial charge on any atom is -0.389 e. The van der Waals surface area contributed by atoms with Crippen LogP contribution in [-0.4, -0.2) is 11.9 Å². The maximum absolute atomic E-state index is 11.5. The lowest BCUT2D eigenvalue weighted by atomic mass is 9.84. The molecule has 1 heterocycles. The average molecular weight is 214 g/mol. The third kappa shape index (κ3) is 1.36. The van der Waals surface area contributed by atoms with Crippen LogP contribution in [0.4, 0.5) is 0 Å². The Morgan fingerprint density at radius 2 is 1.62 bits per heavy atom. The summed E-state index contributed by atoms with van der Waals surface area (Å²) in [5.74, 6) is -0.885. The molecule has 0 saturated carbocycles. The second kappa shape index (κ2) is 3.30. The number of esters is 2. The summed E-state index contributed by atoms with van der Waals surface area (Å²) in [6.07, 6.45) is 1.55. The van der Waals surface area contributed by atoms with Crippen molar-refractivity contribution in [3.05, 3.63) is 46.5 Å². The van der Waals surface area contributed by atoms with Crippen molar-refractivity contribution in [1.82, 2.24) is 0 Å². The first-order valence-corrected chi connectivity index (χ1v) is 5.27. The zero-order valence-electron chi connectivity index (χ0n) is 8.66. The van der Waals surface area contributed by atoms with Crippen LogP contribution in [-0.2, 0) is 27.2 Å². The van der Waals surface area contributed by atoms with E-state index >= 15 is 0 Å². The largest absolute Gasteiger partial charge is 0.389 e. The Hall–Kier alpha value is -1.90. The Morgan fingerprint density at radius 3 is 2.38 bits per heavy atom. The van der Waals surface area contributed by atoms with Crippen molar-refractivity contribution in [2.45, 2.75) is 19.3 Å². The van der Waals surface area contributed by atoms with Gasteiger partial charge in [-0.3, -0.25) is 4.79 Å². The zero-order valence-corrected chi connectivity index (χ0v) is 8.66. The fourth-order valence-corrected chi connectivity index (χ4v) is 2.32. The molecule has 0 spiro atoms. The second-order valence-corrected chi connectivity index (χ2v) is 4.14. The van der Waals surface area contributed by atoms with Crippen LogP contribution < -0.4 is 0 Å². The molecule has 0 radical (unpaired) electrons. The minimum atomic E-state index is -0.458. The molecule has 0 N–H and O–H groups in total. The van der Waals surface area contributed by atoms with Gasteiger partial charge in [0.2, 0.25) is 0 Å². The van der Waals surface area contributed by atoms with E-state index in [1.165, 1.54) is 5.56 Å². The van der Waals surface area contributed by atoms with E-state index in [0.29, 0.717) is 18.4 Å². The number of benzene rings is 1. The number of carbonyl (C=O) groups is 2. The van der Waals surface area contributed by atoms with Gasteiger partial charge in [-0.25, -0.2) is 4.79 Å². The van der Waals surface area contributed by atoms with E-state index < -0.39 is 11.9 Å². The molecule has 1 aliphatic heterocycles. The Labute approximate surface area is 92.7 Å². The third-order valence-corrected chi connectivity index (χ3v) is 3.13. The molecule has 1 aromatic rings. The smallest absolute Gasteiger partial charge is 0.341 e. The van der Waals surface area contributed by atoms with Crippen LogP contribution in [0.2, 0.25) is 0 Å². The second-order valence-electron chi connectivity index (χ2n) is 4.14. The van der Waals surface area contributed by atoms with E-state index in [9.17, 15) is 9.59 Å². The molecule has 3 nitrogen and oxygen atoms in total. The van der Waals surface area contributed by atoms with Crippen LogP contribution in [0.15, 0.2) is 35.4 Å². The Morgan fingerprint density at radius 1 is 0.938 bits per heavy atom. The van der Waals surface area contributed by atoms with E-state index in [1.54, 1.807) is 0 Å². The molecule has 0 fully saturated rings. The van der Waals surface area contributed by atoms with Crippen LogP contribution in [0, 0.1) is 0 Å². The molecule has 80 valence electrons. The van der Waals surface area contributed by atoms with Gasteiger partial charge in [-0.05, 0) is 23.1 Å². The summed E-state index contributed by atoms with van der Waals surface area (Å²) in [6, 6.07) is 8.00. The highest BCUT2D eigenvalue weighted by atomic mass is 16.6. The minimum absolute atomic E-state index is 0.259. The molecule has 0 aromatic heterocycles. The monoisotopic (exact) mass is 214 g/mol. The van der Waals surface area contributed by atoms with Crippen molar-refractivity contribution in [2.24, 2.45) is 0 Å². The summed E-state index contributed by atoms with van der Waals surface area (Å²) in [5.41, 5.74) is 3.98. The lowest BCUT2D eigenvalue weighted by Gasteiger charge is -2.24. The fraction of sp³-hybridized carbons (Fsp3) is 0.231. The summed E-state index contributed by atoms with van der Waals surface area (Å²) in [5, 5.41) is 0.